The highest BCUT2D eigenvalue weighted by molar-refractivity contribution is 6.08. The second-order valence-corrected chi connectivity index (χ2v) is 5.44. The Morgan fingerprint density at radius 2 is 1.73 bits per heavy atom. The molecule has 3 heteroatoms. The lowest BCUT2D eigenvalue weighted by Crippen LogP contribution is -2.07. The van der Waals surface area contributed by atoms with Crippen molar-refractivity contribution >= 4 is 22.5 Å². The van der Waals surface area contributed by atoms with Crippen LogP contribution in [0.15, 0.2) is 54.6 Å². The predicted octanol–water partition coefficient (Wildman–Crippen LogP) is 4.68. The minimum absolute atomic E-state index is 0.0448. The first-order valence-electron chi connectivity index (χ1n) is 7.66. The number of anilines is 1. The van der Waals surface area contributed by atoms with Crippen LogP contribution in [-0.2, 0) is 11.3 Å². The summed E-state index contributed by atoms with van der Waals surface area (Å²) >= 11 is 0. The summed E-state index contributed by atoms with van der Waals surface area (Å²) in [6.07, 6.45) is 1.04. The molecule has 0 aliphatic carbocycles. The summed E-state index contributed by atoms with van der Waals surface area (Å²) in [6.45, 7) is 4.65. The molecule has 1 amide bonds. The number of carbonyl (C=O) groups excluding carboxylic acids is 1. The van der Waals surface area contributed by atoms with E-state index in [9.17, 15) is 4.79 Å². The molecular weight excluding hydrogens is 272 g/mol. The Labute approximate surface area is 130 Å². The molecule has 0 aliphatic rings. The lowest BCUT2D eigenvalue weighted by Gasteiger charge is -2.12. The van der Waals surface area contributed by atoms with E-state index in [2.05, 4.69) is 41.1 Å². The average Bonchev–Trinajstić information content (AvgIpc) is 2.82. The Morgan fingerprint density at radius 3 is 2.41 bits per heavy atom. The molecule has 1 aromatic heterocycles. The molecule has 0 bridgehead atoms. The van der Waals surface area contributed by atoms with Gasteiger partial charge in [0.25, 0.3) is 0 Å². The van der Waals surface area contributed by atoms with Gasteiger partial charge in [-0.3, -0.25) is 4.79 Å². The maximum Gasteiger partial charge on any atom is 0.221 e. The first-order chi connectivity index (χ1) is 10.7. The van der Waals surface area contributed by atoms with Crippen molar-refractivity contribution in [3.8, 4) is 11.3 Å². The summed E-state index contributed by atoms with van der Waals surface area (Å²) in [7, 11) is 0. The van der Waals surface area contributed by atoms with Gasteiger partial charge in [0.05, 0.1) is 16.9 Å². The van der Waals surface area contributed by atoms with E-state index < -0.39 is 0 Å². The molecule has 0 aliphatic heterocycles. The minimum atomic E-state index is -0.0448. The van der Waals surface area contributed by atoms with Crippen LogP contribution in [0, 0.1) is 0 Å². The molecule has 112 valence electrons. The molecule has 0 radical (unpaired) electrons. The number of amides is 1. The molecule has 0 fully saturated rings. The summed E-state index contributed by atoms with van der Waals surface area (Å²) in [6, 6.07) is 18.5. The minimum Gasteiger partial charge on any atom is -0.339 e. The van der Waals surface area contributed by atoms with Crippen molar-refractivity contribution in [2.45, 2.75) is 26.8 Å². The highest BCUT2D eigenvalue weighted by Crippen LogP contribution is 2.38. The van der Waals surface area contributed by atoms with Crippen LogP contribution >= 0.6 is 0 Å². The van der Waals surface area contributed by atoms with Crippen molar-refractivity contribution in [1.82, 2.24) is 4.57 Å². The Bertz CT molecular complexity index is 803. The molecule has 22 heavy (non-hydrogen) atoms. The van der Waals surface area contributed by atoms with Gasteiger partial charge in [-0.2, -0.15) is 0 Å². The molecule has 0 unspecified atom stereocenters. The van der Waals surface area contributed by atoms with Crippen molar-refractivity contribution < 1.29 is 4.79 Å². The number of rotatable bonds is 4. The van der Waals surface area contributed by atoms with Gasteiger partial charge in [-0.15, -0.1) is 0 Å². The number of hydrogen-bond acceptors (Lipinski definition) is 1. The third-order valence-electron chi connectivity index (χ3n) is 3.77. The van der Waals surface area contributed by atoms with Crippen molar-refractivity contribution in [2.75, 3.05) is 5.32 Å². The SMILES string of the molecule is CCCn1c(-c2ccccc2)c(NC(C)=O)c2ccccc21. The monoisotopic (exact) mass is 292 g/mol. The molecule has 3 rings (SSSR count). The van der Waals surface area contributed by atoms with E-state index in [0.717, 1.165) is 40.8 Å². The van der Waals surface area contributed by atoms with E-state index in [-0.39, 0.29) is 5.91 Å². The maximum atomic E-state index is 11.7. The lowest BCUT2D eigenvalue weighted by molar-refractivity contribution is -0.114. The number of carbonyl (C=O) groups is 1. The second kappa shape index (κ2) is 6.06. The van der Waals surface area contributed by atoms with Gasteiger partial charge >= 0.3 is 0 Å². The molecule has 0 saturated heterocycles. The topological polar surface area (TPSA) is 34.0 Å². The quantitative estimate of drug-likeness (QED) is 0.744. The highest BCUT2D eigenvalue weighted by atomic mass is 16.1. The van der Waals surface area contributed by atoms with Gasteiger partial charge in [-0.1, -0.05) is 55.5 Å². The molecule has 0 spiro atoms. The number of aryl methyl sites for hydroxylation is 1. The van der Waals surface area contributed by atoms with Crippen LogP contribution in [0.2, 0.25) is 0 Å². The summed E-state index contributed by atoms with van der Waals surface area (Å²) in [5.74, 6) is -0.0448. The van der Waals surface area contributed by atoms with Gasteiger partial charge in [0.2, 0.25) is 5.91 Å². The fourth-order valence-corrected chi connectivity index (χ4v) is 2.96. The standard InChI is InChI=1S/C19H20N2O/c1-3-13-21-17-12-8-7-11-16(17)18(20-14(2)22)19(21)15-9-5-4-6-10-15/h4-12H,3,13H2,1-2H3,(H,20,22). The third kappa shape index (κ3) is 2.50. The zero-order chi connectivity index (χ0) is 15.5. The molecule has 0 atom stereocenters. The van der Waals surface area contributed by atoms with Crippen LogP contribution in [0.3, 0.4) is 0 Å². The van der Waals surface area contributed by atoms with E-state index in [1.54, 1.807) is 6.92 Å². The normalized spacial score (nSPS) is 10.8. The van der Waals surface area contributed by atoms with Crippen LogP contribution < -0.4 is 5.32 Å². The zero-order valence-electron chi connectivity index (χ0n) is 13.0. The predicted molar refractivity (Wildman–Crippen MR) is 92.0 cm³/mol. The summed E-state index contributed by atoms with van der Waals surface area (Å²) in [5.41, 5.74) is 4.27. The van der Waals surface area contributed by atoms with Gasteiger partial charge in [0.1, 0.15) is 0 Å². The molecule has 0 saturated carbocycles. The number of fused-ring (bicyclic) bond motifs is 1. The van der Waals surface area contributed by atoms with Gasteiger partial charge in [-0.25, -0.2) is 0 Å². The van der Waals surface area contributed by atoms with Gasteiger partial charge in [0, 0.05) is 24.4 Å². The van der Waals surface area contributed by atoms with E-state index >= 15 is 0 Å². The number of para-hydroxylation sites is 1. The summed E-state index contributed by atoms with van der Waals surface area (Å²) < 4.78 is 2.30. The lowest BCUT2D eigenvalue weighted by atomic mass is 10.1. The molecule has 1 heterocycles. The molecular formula is C19H20N2O. The third-order valence-corrected chi connectivity index (χ3v) is 3.77. The van der Waals surface area contributed by atoms with Crippen LogP contribution in [0.4, 0.5) is 5.69 Å². The average molecular weight is 292 g/mol. The number of nitrogens with one attached hydrogen (secondary N) is 1. The van der Waals surface area contributed by atoms with Crippen molar-refractivity contribution in [3.63, 3.8) is 0 Å². The summed E-state index contributed by atoms with van der Waals surface area (Å²) in [4.78, 5) is 11.7. The molecule has 3 aromatic rings. The van der Waals surface area contributed by atoms with Gasteiger partial charge < -0.3 is 9.88 Å². The first kappa shape index (κ1) is 14.4. The molecule has 2 aromatic carbocycles. The highest BCUT2D eigenvalue weighted by Gasteiger charge is 2.18. The van der Waals surface area contributed by atoms with E-state index in [0.29, 0.717) is 0 Å². The largest absolute Gasteiger partial charge is 0.339 e. The fourth-order valence-electron chi connectivity index (χ4n) is 2.96. The van der Waals surface area contributed by atoms with E-state index in [1.165, 1.54) is 0 Å². The van der Waals surface area contributed by atoms with E-state index in [1.807, 2.05) is 30.3 Å². The van der Waals surface area contributed by atoms with Crippen LogP contribution in [0.25, 0.3) is 22.2 Å². The summed E-state index contributed by atoms with van der Waals surface area (Å²) in [5, 5.41) is 4.12. The second-order valence-electron chi connectivity index (χ2n) is 5.44. The van der Waals surface area contributed by atoms with Gasteiger partial charge in [0.15, 0.2) is 0 Å². The number of benzene rings is 2. The Balaban J connectivity index is 2.35. The Hall–Kier alpha value is -2.55. The Kier molecular flexibility index (Phi) is 3.96. The zero-order valence-corrected chi connectivity index (χ0v) is 13.0. The number of aromatic nitrogens is 1. The van der Waals surface area contributed by atoms with Crippen LogP contribution in [0.1, 0.15) is 20.3 Å². The Morgan fingerprint density at radius 1 is 1.05 bits per heavy atom. The van der Waals surface area contributed by atoms with Crippen molar-refractivity contribution in [2.24, 2.45) is 0 Å². The first-order valence-corrected chi connectivity index (χ1v) is 7.66. The molecule has 1 N–H and O–H groups in total. The number of hydrogen-bond donors (Lipinski definition) is 1. The fraction of sp³-hybridized carbons (Fsp3) is 0.211. The van der Waals surface area contributed by atoms with Crippen molar-refractivity contribution in [3.05, 3.63) is 54.6 Å². The van der Waals surface area contributed by atoms with E-state index in [4.69, 9.17) is 0 Å². The smallest absolute Gasteiger partial charge is 0.221 e. The van der Waals surface area contributed by atoms with Crippen molar-refractivity contribution in [1.29, 1.82) is 0 Å². The number of nitrogens with zero attached hydrogens (tertiary/aromatic N) is 1. The maximum absolute atomic E-state index is 11.7. The van der Waals surface area contributed by atoms with Gasteiger partial charge in [-0.05, 0) is 12.5 Å². The van der Waals surface area contributed by atoms with Crippen LogP contribution in [-0.4, -0.2) is 10.5 Å². The molecule has 3 nitrogen and oxygen atoms in total. The van der Waals surface area contributed by atoms with Crippen LogP contribution in [0.5, 0.6) is 0 Å².